The number of amides is 1. The molecule has 0 bridgehead atoms. The Bertz CT molecular complexity index is 596. The normalized spacial score (nSPS) is 14.5. The molecule has 2 N–H and O–H groups in total. The summed E-state index contributed by atoms with van der Waals surface area (Å²) in [5, 5.41) is 7.31. The first-order valence-corrected chi connectivity index (χ1v) is 6.11. The Kier molecular flexibility index (Phi) is 4.43. The van der Waals surface area contributed by atoms with Gasteiger partial charge in [0, 0.05) is 11.1 Å². The summed E-state index contributed by atoms with van der Waals surface area (Å²) in [5.74, 6) is -0.237. The minimum Gasteiger partial charge on any atom is -0.265 e. The quantitative estimate of drug-likeness (QED) is 0.754. The standard InChI is InChI=1S/C10H8N2O.H2O4S/c1-7-9(11-12-10(7)13)8-5-3-2-4-6-8;1-5(2,3)4/h2-6H,1H3;(H2,1,2,3,4). The van der Waals surface area contributed by atoms with Gasteiger partial charge < -0.3 is 0 Å². The molecule has 1 aliphatic rings. The van der Waals surface area contributed by atoms with Gasteiger partial charge >= 0.3 is 10.4 Å². The molecule has 0 atom stereocenters. The molecule has 0 aromatic heterocycles. The monoisotopic (exact) mass is 270 g/mol. The fourth-order valence-electron chi connectivity index (χ4n) is 1.22. The van der Waals surface area contributed by atoms with Crippen molar-refractivity contribution in [1.29, 1.82) is 0 Å². The third kappa shape index (κ3) is 4.53. The summed E-state index contributed by atoms with van der Waals surface area (Å²) in [7, 11) is -4.67. The van der Waals surface area contributed by atoms with Crippen molar-refractivity contribution in [2.45, 2.75) is 6.92 Å². The number of hydrogen-bond donors (Lipinski definition) is 2. The molecular formula is C10H10N2O5S. The first-order chi connectivity index (χ1) is 8.29. The molecule has 18 heavy (non-hydrogen) atoms. The number of rotatable bonds is 1. The van der Waals surface area contributed by atoms with Gasteiger partial charge in [0.2, 0.25) is 0 Å². The van der Waals surface area contributed by atoms with Gasteiger partial charge in [-0.15, -0.1) is 10.2 Å². The predicted molar refractivity (Wildman–Crippen MR) is 63.1 cm³/mol. The molecular weight excluding hydrogens is 260 g/mol. The van der Waals surface area contributed by atoms with E-state index < -0.39 is 10.4 Å². The Morgan fingerprint density at radius 2 is 1.56 bits per heavy atom. The van der Waals surface area contributed by atoms with Crippen LogP contribution in [-0.2, 0) is 15.2 Å². The summed E-state index contributed by atoms with van der Waals surface area (Å²) in [6, 6.07) is 9.57. The molecule has 96 valence electrons. The molecule has 2 rings (SSSR count). The average molecular weight is 270 g/mol. The van der Waals surface area contributed by atoms with Crippen molar-refractivity contribution in [2.75, 3.05) is 0 Å². The van der Waals surface area contributed by atoms with Gasteiger partial charge in [-0.2, -0.15) is 8.42 Å². The van der Waals surface area contributed by atoms with Crippen molar-refractivity contribution in [1.82, 2.24) is 0 Å². The highest BCUT2D eigenvalue weighted by Gasteiger charge is 2.17. The number of benzene rings is 1. The van der Waals surface area contributed by atoms with Gasteiger partial charge in [0.15, 0.2) is 0 Å². The lowest BCUT2D eigenvalue weighted by Crippen LogP contribution is -1.90. The van der Waals surface area contributed by atoms with Crippen molar-refractivity contribution in [2.24, 2.45) is 10.2 Å². The molecule has 1 amide bonds. The topological polar surface area (TPSA) is 116 Å². The zero-order valence-corrected chi connectivity index (χ0v) is 10.1. The number of carbonyl (C=O) groups is 1. The van der Waals surface area contributed by atoms with Crippen LogP contribution < -0.4 is 0 Å². The largest absolute Gasteiger partial charge is 0.394 e. The number of carbonyl (C=O) groups excluding carboxylic acids is 1. The van der Waals surface area contributed by atoms with Crippen LogP contribution in [0.15, 0.2) is 46.1 Å². The second-order valence-corrected chi connectivity index (χ2v) is 4.19. The van der Waals surface area contributed by atoms with Crippen molar-refractivity contribution in [3.8, 4) is 0 Å². The Hall–Kier alpha value is -1.90. The fraction of sp³-hybridized carbons (Fsp3) is 0.100. The Labute approximate surface area is 103 Å². The Morgan fingerprint density at radius 3 is 1.94 bits per heavy atom. The maximum atomic E-state index is 11.0. The molecule has 0 aliphatic carbocycles. The van der Waals surface area contributed by atoms with E-state index in [-0.39, 0.29) is 5.91 Å². The van der Waals surface area contributed by atoms with E-state index in [0.29, 0.717) is 11.3 Å². The highest BCUT2D eigenvalue weighted by atomic mass is 32.3. The molecule has 7 nitrogen and oxygen atoms in total. The molecule has 0 unspecified atom stereocenters. The molecule has 0 fully saturated rings. The highest BCUT2D eigenvalue weighted by molar-refractivity contribution is 7.79. The summed E-state index contributed by atoms with van der Waals surface area (Å²) < 4.78 is 31.6. The molecule has 0 spiro atoms. The van der Waals surface area contributed by atoms with Crippen molar-refractivity contribution in [3.05, 3.63) is 41.5 Å². The summed E-state index contributed by atoms with van der Waals surface area (Å²) >= 11 is 0. The third-order valence-corrected chi connectivity index (χ3v) is 1.96. The Balaban J connectivity index is 0.000000280. The van der Waals surface area contributed by atoms with Crippen LogP contribution in [0.25, 0.3) is 5.70 Å². The molecule has 8 heteroatoms. The number of azo groups is 1. The average Bonchev–Trinajstić information content (AvgIpc) is 2.59. The van der Waals surface area contributed by atoms with Gasteiger partial charge in [-0.3, -0.25) is 13.9 Å². The van der Waals surface area contributed by atoms with E-state index in [0.717, 1.165) is 5.56 Å². The van der Waals surface area contributed by atoms with Crippen LogP contribution >= 0.6 is 0 Å². The van der Waals surface area contributed by atoms with E-state index in [1.54, 1.807) is 6.92 Å². The van der Waals surface area contributed by atoms with Crippen molar-refractivity contribution >= 4 is 22.0 Å². The van der Waals surface area contributed by atoms with Crippen LogP contribution in [0, 0.1) is 0 Å². The van der Waals surface area contributed by atoms with Gasteiger partial charge in [-0.05, 0) is 6.92 Å². The Morgan fingerprint density at radius 1 is 1.06 bits per heavy atom. The van der Waals surface area contributed by atoms with E-state index in [2.05, 4.69) is 10.2 Å². The minimum absolute atomic E-state index is 0.237. The van der Waals surface area contributed by atoms with Gasteiger partial charge in [0.1, 0.15) is 5.70 Å². The number of nitrogens with zero attached hydrogens (tertiary/aromatic N) is 2. The van der Waals surface area contributed by atoms with Crippen LogP contribution in [0.4, 0.5) is 0 Å². The van der Waals surface area contributed by atoms with Gasteiger partial charge in [-0.25, -0.2) is 0 Å². The molecule has 1 aliphatic heterocycles. The van der Waals surface area contributed by atoms with Crippen LogP contribution in [0.2, 0.25) is 0 Å². The highest BCUT2D eigenvalue weighted by Crippen LogP contribution is 2.25. The van der Waals surface area contributed by atoms with Gasteiger partial charge in [0.25, 0.3) is 5.91 Å². The van der Waals surface area contributed by atoms with E-state index >= 15 is 0 Å². The summed E-state index contributed by atoms with van der Waals surface area (Å²) in [6.45, 7) is 1.74. The van der Waals surface area contributed by atoms with Crippen molar-refractivity contribution < 1.29 is 22.3 Å². The van der Waals surface area contributed by atoms with Crippen molar-refractivity contribution in [3.63, 3.8) is 0 Å². The predicted octanol–water partition coefficient (Wildman–Crippen LogP) is 1.76. The number of hydrogen-bond acceptors (Lipinski definition) is 4. The summed E-state index contributed by atoms with van der Waals surface area (Å²) in [4.78, 5) is 11.0. The molecule has 0 saturated heterocycles. The SMILES string of the molecule is CC1=C(c2ccccc2)N=NC1=O.O=S(=O)(O)O. The van der Waals surface area contributed by atoms with Crippen LogP contribution in [-0.4, -0.2) is 23.4 Å². The lowest BCUT2D eigenvalue weighted by atomic mass is 10.1. The first kappa shape index (κ1) is 14.2. The zero-order valence-electron chi connectivity index (χ0n) is 9.31. The van der Waals surface area contributed by atoms with Gasteiger partial charge in [-0.1, -0.05) is 30.3 Å². The molecule has 0 radical (unpaired) electrons. The maximum Gasteiger partial charge on any atom is 0.394 e. The zero-order chi connectivity index (χ0) is 13.8. The minimum atomic E-state index is -4.67. The van der Waals surface area contributed by atoms with Crippen LogP contribution in [0.5, 0.6) is 0 Å². The van der Waals surface area contributed by atoms with E-state index in [1.165, 1.54) is 0 Å². The fourth-order valence-corrected chi connectivity index (χ4v) is 1.22. The second-order valence-electron chi connectivity index (χ2n) is 3.29. The maximum absolute atomic E-state index is 11.0. The van der Waals surface area contributed by atoms with E-state index in [9.17, 15) is 4.79 Å². The van der Waals surface area contributed by atoms with E-state index in [1.807, 2.05) is 30.3 Å². The van der Waals surface area contributed by atoms with E-state index in [4.69, 9.17) is 17.5 Å². The van der Waals surface area contributed by atoms with Crippen LogP contribution in [0.3, 0.4) is 0 Å². The molecule has 1 aromatic rings. The second kappa shape index (κ2) is 5.63. The smallest absolute Gasteiger partial charge is 0.265 e. The lowest BCUT2D eigenvalue weighted by molar-refractivity contribution is -0.114. The first-order valence-electron chi connectivity index (χ1n) is 4.71. The van der Waals surface area contributed by atoms with Crippen LogP contribution in [0.1, 0.15) is 12.5 Å². The van der Waals surface area contributed by atoms with Gasteiger partial charge in [0.05, 0.1) is 0 Å². The molecule has 1 aromatic carbocycles. The lowest BCUT2D eigenvalue weighted by Gasteiger charge is -1.97. The molecule has 1 heterocycles. The summed E-state index contributed by atoms with van der Waals surface area (Å²) in [5.41, 5.74) is 2.24. The summed E-state index contributed by atoms with van der Waals surface area (Å²) in [6.07, 6.45) is 0. The molecule has 0 saturated carbocycles. The third-order valence-electron chi connectivity index (χ3n) is 1.96.